The van der Waals surface area contributed by atoms with E-state index in [0.717, 1.165) is 12.8 Å². The van der Waals surface area contributed by atoms with Crippen LogP contribution in [0, 0.1) is 0 Å². The number of allylic oxidation sites excluding steroid dienone is 3. The molecule has 0 atom stereocenters. The molecule has 0 spiro atoms. The SMILES string of the molecule is C/C=C1\C(CC)=Cc2[nH]c(CC)cc21. The third-order valence-electron chi connectivity index (χ3n) is 2.91. The minimum Gasteiger partial charge on any atom is -0.358 e. The highest BCUT2D eigenvalue weighted by Gasteiger charge is 2.18. The monoisotopic (exact) mass is 187 g/mol. The molecule has 1 aliphatic rings. The topological polar surface area (TPSA) is 15.8 Å². The fraction of sp³-hybridized carbons (Fsp3) is 0.385. The average molecular weight is 187 g/mol. The molecule has 1 heterocycles. The first kappa shape index (κ1) is 9.32. The van der Waals surface area contributed by atoms with Gasteiger partial charge in [-0.15, -0.1) is 0 Å². The van der Waals surface area contributed by atoms with Crippen molar-refractivity contribution in [3.05, 3.63) is 34.7 Å². The molecule has 0 saturated carbocycles. The van der Waals surface area contributed by atoms with Gasteiger partial charge in [-0.3, -0.25) is 0 Å². The summed E-state index contributed by atoms with van der Waals surface area (Å²) in [7, 11) is 0. The Kier molecular flexibility index (Phi) is 2.32. The Balaban J connectivity index is 2.49. The van der Waals surface area contributed by atoms with Crippen LogP contribution in [-0.4, -0.2) is 4.98 Å². The van der Waals surface area contributed by atoms with Gasteiger partial charge in [-0.05, 0) is 43.1 Å². The first-order valence-electron chi connectivity index (χ1n) is 5.39. The van der Waals surface area contributed by atoms with Crippen molar-refractivity contribution in [2.45, 2.75) is 33.6 Å². The van der Waals surface area contributed by atoms with E-state index in [1.807, 2.05) is 0 Å². The lowest BCUT2D eigenvalue weighted by molar-refractivity contribution is 1.06. The molecular weight excluding hydrogens is 170 g/mol. The van der Waals surface area contributed by atoms with Crippen LogP contribution < -0.4 is 0 Å². The maximum atomic E-state index is 3.45. The summed E-state index contributed by atoms with van der Waals surface area (Å²) in [4.78, 5) is 3.45. The first-order valence-corrected chi connectivity index (χ1v) is 5.39. The number of nitrogens with one attached hydrogen (secondary N) is 1. The molecule has 1 nitrogen and oxygen atoms in total. The largest absolute Gasteiger partial charge is 0.358 e. The van der Waals surface area contributed by atoms with Gasteiger partial charge in [0.05, 0.1) is 0 Å². The molecule has 1 heteroatoms. The fourth-order valence-corrected chi connectivity index (χ4v) is 2.11. The molecular formula is C13H17N. The van der Waals surface area contributed by atoms with Crippen molar-refractivity contribution in [3.8, 4) is 0 Å². The van der Waals surface area contributed by atoms with Gasteiger partial charge in [0, 0.05) is 17.0 Å². The van der Waals surface area contributed by atoms with Crippen LogP contribution in [0.1, 0.15) is 44.1 Å². The van der Waals surface area contributed by atoms with Gasteiger partial charge < -0.3 is 4.98 Å². The van der Waals surface area contributed by atoms with Crippen LogP contribution in [0.4, 0.5) is 0 Å². The van der Waals surface area contributed by atoms with E-state index >= 15 is 0 Å². The molecule has 74 valence electrons. The molecule has 0 saturated heterocycles. The zero-order valence-corrected chi connectivity index (χ0v) is 9.15. The third kappa shape index (κ3) is 1.24. The highest BCUT2D eigenvalue weighted by Crippen LogP contribution is 2.37. The zero-order chi connectivity index (χ0) is 10.1. The maximum absolute atomic E-state index is 3.45. The van der Waals surface area contributed by atoms with E-state index in [1.165, 1.54) is 28.1 Å². The lowest BCUT2D eigenvalue weighted by atomic mass is 10.0. The predicted octanol–water partition coefficient (Wildman–Crippen LogP) is 3.79. The molecule has 1 N–H and O–H groups in total. The van der Waals surface area contributed by atoms with E-state index in [-0.39, 0.29) is 0 Å². The Morgan fingerprint density at radius 3 is 2.64 bits per heavy atom. The minimum atomic E-state index is 1.08. The number of hydrogen-bond acceptors (Lipinski definition) is 0. The lowest BCUT2D eigenvalue weighted by Gasteiger charge is -2.01. The van der Waals surface area contributed by atoms with Gasteiger partial charge in [-0.25, -0.2) is 0 Å². The number of aromatic amines is 1. The summed E-state index contributed by atoms with van der Waals surface area (Å²) >= 11 is 0. The van der Waals surface area contributed by atoms with Crippen molar-refractivity contribution in [2.24, 2.45) is 0 Å². The van der Waals surface area contributed by atoms with Gasteiger partial charge >= 0.3 is 0 Å². The summed E-state index contributed by atoms with van der Waals surface area (Å²) in [6.07, 6.45) is 6.70. The van der Waals surface area contributed by atoms with E-state index in [2.05, 4.69) is 44.0 Å². The van der Waals surface area contributed by atoms with E-state index in [1.54, 1.807) is 0 Å². The van der Waals surface area contributed by atoms with Crippen molar-refractivity contribution in [2.75, 3.05) is 0 Å². The van der Waals surface area contributed by atoms with Gasteiger partial charge in [0.2, 0.25) is 0 Å². The van der Waals surface area contributed by atoms with Crippen molar-refractivity contribution in [3.63, 3.8) is 0 Å². The third-order valence-corrected chi connectivity index (χ3v) is 2.91. The summed E-state index contributed by atoms with van der Waals surface area (Å²) < 4.78 is 0. The Hall–Kier alpha value is -1.24. The average Bonchev–Trinajstić information content (AvgIpc) is 2.72. The van der Waals surface area contributed by atoms with Gasteiger partial charge in [0.1, 0.15) is 0 Å². The molecule has 0 unspecified atom stereocenters. The van der Waals surface area contributed by atoms with Crippen LogP contribution in [0.5, 0.6) is 0 Å². The van der Waals surface area contributed by atoms with Crippen LogP contribution in [0.25, 0.3) is 11.6 Å². The number of fused-ring (bicyclic) bond motifs is 1. The maximum Gasteiger partial charge on any atom is 0.0465 e. The molecule has 0 radical (unpaired) electrons. The second-order valence-corrected chi connectivity index (χ2v) is 3.70. The molecule has 1 aliphatic carbocycles. The van der Waals surface area contributed by atoms with Crippen molar-refractivity contribution in [1.82, 2.24) is 4.98 Å². The number of H-pyrrole nitrogens is 1. The van der Waals surface area contributed by atoms with E-state index in [4.69, 9.17) is 0 Å². The van der Waals surface area contributed by atoms with Crippen molar-refractivity contribution in [1.29, 1.82) is 0 Å². The second-order valence-electron chi connectivity index (χ2n) is 3.70. The number of hydrogen-bond donors (Lipinski definition) is 1. The molecule has 0 aromatic carbocycles. The number of aromatic nitrogens is 1. The van der Waals surface area contributed by atoms with Gasteiger partial charge in [0.25, 0.3) is 0 Å². The Labute approximate surface area is 85.5 Å². The highest BCUT2D eigenvalue weighted by molar-refractivity contribution is 5.93. The number of rotatable bonds is 2. The summed E-state index contributed by atoms with van der Waals surface area (Å²) in [5.74, 6) is 0. The van der Waals surface area contributed by atoms with Gasteiger partial charge in [-0.1, -0.05) is 19.9 Å². The second kappa shape index (κ2) is 3.49. The Morgan fingerprint density at radius 2 is 2.07 bits per heavy atom. The summed E-state index contributed by atoms with van der Waals surface area (Å²) in [5, 5.41) is 0. The van der Waals surface area contributed by atoms with E-state index in [0.29, 0.717) is 0 Å². The Morgan fingerprint density at radius 1 is 1.29 bits per heavy atom. The van der Waals surface area contributed by atoms with Crippen LogP contribution in [0.3, 0.4) is 0 Å². The highest BCUT2D eigenvalue weighted by atomic mass is 14.7. The van der Waals surface area contributed by atoms with Crippen LogP contribution >= 0.6 is 0 Å². The lowest BCUT2D eigenvalue weighted by Crippen LogP contribution is -1.81. The van der Waals surface area contributed by atoms with Crippen molar-refractivity contribution >= 4 is 11.6 Å². The minimum absolute atomic E-state index is 1.08. The van der Waals surface area contributed by atoms with Crippen molar-refractivity contribution < 1.29 is 0 Å². The van der Waals surface area contributed by atoms with Crippen LogP contribution in [-0.2, 0) is 6.42 Å². The summed E-state index contributed by atoms with van der Waals surface area (Å²) in [6, 6.07) is 2.28. The standard InChI is InChI=1S/C13H17N/c1-4-9-7-13-12(11(9)6-3)8-10(5-2)14-13/h6-8,14H,4-5H2,1-3H3/b11-6+. The fourth-order valence-electron chi connectivity index (χ4n) is 2.11. The van der Waals surface area contributed by atoms with E-state index in [9.17, 15) is 0 Å². The molecule has 1 aromatic rings. The molecule has 2 rings (SSSR count). The predicted molar refractivity (Wildman–Crippen MR) is 62.1 cm³/mol. The molecule has 0 amide bonds. The summed E-state index contributed by atoms with van der Waals surface area (Å²) in [6.45, 7) is 6.51. The first-order chi connectivity index (χ1) is 6.80. The zero-order valence-electron chi connectivity index (χ0n) is 9.15. The smallest absolute Gasteiger partial charge is 0.0465 e. The molecule has 0 bridgehead atoms. The van der Waals surface area contributed by atoms with Gasteiger partial charge in [-0.2, -0.15) is 0 Å². The van der Waals surface area contributed by atoms with E-state index < -0.39 is 0 Å². The molecule has 0 fully saturated rings. The molecule has 0 aliphatic heterocycles. The number of aryl methyl sites for hydroxylation is 1. The van der Waals surface area contributed by atoms with Crippen LogP contribution in [0.2, 0.25) is 0 Å². The Bertz CT molecular complexity index is 405. The molecule has 14 heavy (non-hydrogen) atoms. The quantitative estimate of drug-likeness (QED) is 0.725. The van der Waals surface area contributed by atoms with Crippen LogP contribution in [0.15, 0.2) is 17.7 Å². The normalized spacial score (nSPS) is 17.4. The van der Waals surface area contributed by atoms with Gasteiger partial charge in [0.15, 0.2) is 0 Å². The summed E-state index contributed by atoms with van der Waals surface area (Å²) in [5.41, 5.74) is 6.89. The molecule has 1 aromatic heterocycles.